The van der Waals surface area contributed by atoms with Gasteiger partial charge >= 0.3 is 29.6 Å². The number of nitrogens with two attached hydrogens (primary N) is 1. The number of nitrogens with one attached hydrogen (secondary N) is 2. The average molecular weight is 2140 g/mol. The second-order valence-corrected chi connectivity index (χ2v) is 33.9. The molecule has 1 fully saturated rings. The maximum Gasteiger partial charge on any atom is 1.00 e. The molecule has 0 aliphatic carbocycles. The van der Waals surface area contributed by atoms with Crippen LogP contribution in [0.5, 0.6) is 0 Å². The van der Waals surface area contributed by atoms with Crippen LogP contribution in [0.3, 0.4) is 0 Å². The van der Waals surface area contributed by atoms with Crippen LogP contribution in [0.4, 0.5) is 43.7 Å². The number of para-hydroxylation sites is 9. The number of nitrogens with zero attached hydrogens (tertiary/aromatic N) is 4. The van der Waals surface area contributed by atoms with Crippen molar-refractivity contribution in [2.75, 3.05) is 24.3 Å². The second-order valence-electron chi connectivity index (χ2n) is 30.7. The van der Waals surface area contributed by atoms with Gasteiger partial charge in [0.2, 0.25) is 0 Å². The van der Waals surface area contributed by atoms with Crippen LogP contribution in [-0.4, -0.2) is 36.5 Å². The quantitative estimate of drug-likeness (QED) is 0.0397. The number of nitrogen functional groups attached to an aromatic ring is 1. The van der Waals surface area contributed by atoms with Crippen LogP contribution >= 0.6 is 67.8 Å². The van der Waals surface area contributed by atoms with E-state index in [9.17, 15) is 22.0 Å². The molecule has 6 heterocycles. The molecule has 0 saturated carbocycles. The Morgan fingerprint density at radius 1 is 0.291 bits per heavy atom. The third-order valence-electron chi connectivity index (χ3n) is 22.1. The second kappa shape index (κ2) is 51.5. The Morgan fingerprint density at radius 3 is 0.836 bits per heavy atom. The van der Waals surface area contributed by atoms with Crippen molar-refractivity contribution in [3.05, 3.63) is 470 Å². The fourth-order valence-corrected chi connectivity index (χ4v) is 17.5. The third kappa shape index (κ3) is 26.6. The molecule has 1 aliphatic heterocycles. The van der Waals surface area contributed by atoms with Crippen LogP contribution in [0.15, 0.2) is 406 Å². The number of anilines is 3. The number of hydrogen-bond acceptors (Lipinski definition) is 3. The van der Waals surface area contributed by atoms with Crippen molar-refractivity contribution in [2.24, 2.45) is 0 Å². The molecule has 22 aromatic rings. The topological polar surface area (TPSA) is 82.8 Å². The van der Waals surface area contributed by atoms with Gasteiger partial charge in [-0.2, -0.15) is 0 Å². The monoisotopic (exact) mass is 2140 g/mol. The first kappa shape index (κ1) is 106. The number of alkyl halides is 1. The number of hydrogen-bond donors (Lipinski definition) is 3. The van der Waals surface area contributed by atoms with Gasteiger partial charge in [0, 0.05) is 180 Å². The summed E-state index contributed by atoms with van der Waals surface area (Å²) in [5.74, 6) is -0.951. The van der Waals surface area contributed by atoms with Gasteiger partial charge in [-0.15, -0.1) is 0 Å². The molecule has 134 heavy (non-hydrogen) atoms. The van der Waals surface area contributed by atoms with Crippen molar-refractivity contribution in [3.8, 4) is 0 Å². The number of aromatic amines is 1. The summed E-state index contributed by atoms with van der Waals surface area (Å²) < 4.78 is 82.3. The molecule has 0 radical (unpaired) electrons. The first-order valence-corrected chi connectivity index (χ1v) is 45.6. The van der Waals surface area contributed by atoms with Crippen LogP contribution in [0, 0.1) is 36.2 Å². The van der Waals surface area contributed by atoms with Crippen LogP contribution in [0.2, 0.25) is 0 Å². The minimum absolute atomic E-state index is 0. The zero-order valence-corrected chi connectivity index (χ0v) is 79.2. The van der Waals surface area contributed by atoms with E-state index in [1.807, 2.05) is 97.1 Å². The van der Waals surface area contributed by atoms with Crippen LogP contribution in [0.25, 0.3) is 109 Å². The van der Waals surface area contributed by atoms with Gasteiger partial charge in [-0.05, 0) is 268 Å². The molecule has 0 unspecified atom stereocenters. The average Bonchev–Trinajstić information content (AvgIpc) is 1.63. The third-order valence-corrected chi connectivity index (χ3v) is 24.3. The summed E-state index contributed by atoms with van der Waals surface area (Å²) in [6.45, 7) is 4.93. The van der Waals surface area contributed by atoms with Crippen molar-refractivity contribution in [3.63, 3.8) is 0 Å². The molecule has 18 heteroatoms. The SMILES string of the molecule is C.C.C.C.C.C1CCOC1.F.Fc1ccc(CI)cc1.Fc1ccc(Cn2c3ccccc3c3cc(I)ccc32)cc1.Fc1ccc(Cn2c3ccccc3c3cc(I)ccc32)cc1.Fc1ccc(Cn2c3ccccc3c3cc(Nc4ccccc4)ccc32)cc1.Fc1ccc(Cn2c3ccccc3c3ccccc32)cc1.Nc1ccccc1.[H-].[HH].[HH].[Na+].c1ccc2c(c1)[nH]c1ccccc12. The van der Waals surface area contributed by atoms with Crippen molar-refractivity contribution >= 4 is 194 Å². The molecule has 0 amide bonds. The van der Waals surface area contributed by atoms with E-state index in [1.54, 1.807) is 12.1 Å². The van der Waals surface area contributed by atoms with Crippen LogP contribution in [0.1, 0.15) is 82.1 Å². The minimum Gasteiger partial charge on any atom is -1.00 e. The Morgan fingerprint density at radius 2 is 0.545 bits per heavy atom. The summed E-state index contributed by atoms with van der Waals surface area (Å²) in [7, 11) is 0. The molecule has 4 N–H and O–H groups in total. The summed E-state index contributed by atoms with van der Waals surface area (Å²) in [4.78, 5) is 3.38. The number of H-pyrrole nitrogens is 1. The molecular weight excluding hydrogens is 2030 g/mol. The molecule has 0 spiro atoms. The molecule has 1 saturated heterocycles. The number of ether oxygens (including phenoxy) is 1. The Hall–Kier alpha value is -11.9. The minimum atomic E-state index is -0.206. The molecule has 0 bridgehead atoms. The Kier molecular flexibility index (Phi) is 40.7. The van der Waals surface area contributed by atoms with Crippen molar-refractivity contribution < 1.29 is 65.2 Å². The Labute approximate surface area is 849 Å². The predicted octanol–water partition coefficient (Wildman–Crippen LogP) is 32.0. The molecule has 1 aliphatic rings. The largest absolute Gasteiger partial charge is 1.00 e. The summed E-state index contributed by atoms with van der Waals surface area (Å²) in [5, 5.41) is 16.1. The van der Waals surface area contributed by atoms with Crippen molar-refractivity contribution in [1.82, 2.24) is 23.3 Å². The van der Waals surface area contributed by atoms with Gasteiger partial charge in [0.25, 0.3) is 0 Å². The standard InChI is InChI=1S/C25H19FN2.2C19H13FIN.C19H14FN.C12H9N.C7H6FI.C6H7N.C4H8O.5CH4.FH.Na.2H2.H/c26-19-12-10-18(11-13-19)17-28-24-9-5-4-8-22(24)23-16-21(14-15-25(23)28)27-20-6-2-1-3-7-20;2*20-14-7-5-13(6-8-14)12-22-18-4-2-1-3-16(18)17-11-15(21)9-10-19(17)22;20-15-11-9-14(10-12-15)13-21-18-7-3-1-5-16(18)17-6-2-4-8-19(17)21;1-3-7-11-9(5-1)10-6-2-4-8-12(10)13-11;8-7-3-1-6(5-9)2-4-7;7-6-4-2-1-3-5-6;1-2-4-5-3-1;;;;;;;;;;/h1-16,27H,17H2;2*1-11H,12H2;1-12H,13H2;1-8,13H;1-4H,5H2;1-5H,7H2;1-4H2;5*1H4;1H;;2*1H;/q;;;;;;;;;;;;;;+1;;;-1. The fourth-order valence-electron chi connectivity index (χ4n) is 16.0. The van der Waals surface area contributed by atoms with E-state index in [-0.39, 0.29) is 105 Å². The Balaban J connectivity index is 0.000000247. The molecule has 0 atom stereocenters. The molecular formula is C116H115F6I3N7NaO. The van der Waals surface area contributed by atoms with Crippen molar-refractivity contribution in [1.29, 1.82) is 0 Å². The van der Waals surface area contributed by atoms with Gasteiger partial charge in [0.05, 0.1) is 0 Å². The molecule has 17 aromatic carbocycles. The Bertz CT molecular complexity index is 7160. The van der Waals surface area contributed by atoms with E-state index in [2.05, 4.69) is 333 Å². The van der Waals surface area contributed by atoms with Gasteiger partial charge < -0.3 is 40.5 Å². The van der Waals surface area contributed by atoms with E-state index < -0.39 is 0 Å². The van der Waals surface area contributed by atoms with Crippen LogP contribution < -0.4 is 40.6 Å². The van der Waals surface area contributed by atoms with Gasteiger partial charge in [-0.25, -0.2) is 22.0 Å². The summed E-state index contributed by atoms with van der Waals surface area (Å²) >= 11 is 6.93. The van der Waals surface area contributed by atoms with Gasteiger partial charge in [-0.1, -0.05) is 284 Å². The first-order chi connectivity index (χ1) is 62.2. The maximum atomic E-state index is 13.3. The normalized spacial score (nSPS) is 10.9. The zero-order valence-electron chi connectivity index (χ0n) is 71.8. The van der Waals surface area contributed by atoms with E-state index in [1.165, 1.54) is 190 Å². The van der Waals surface area contributed by atoms with Crippen molar-refractivity contribution in [2.45, 2.75) is 80.6 Å². The van der Waals surface area contributed by atoms with E-state index >= 15 is 0 Å². The van der Waals surface area contributed by atoms with E-state index in [4.69, 9.17) is 10.5 Å². The smallest absolute Gasteiger partial charge is 1.00 e. The number of halogens is 9. The number of aromatic nitrogens is 5. The first-order valence-electron chi connectivity index (χ1n) is 42.0. The predicted molar refractivity (Wildman–Crippen MR) is 587 cm³/mol. The molecule has 8 nitrogen and oxygen atoms in total. The molecule has 5 aromatic heterocycles. The fraction of sp³-hybridized carbons (Fsp3) is 0.121. The van der Waals surface area contributed by atoms with Gasteiger partial charge in [0.1, 0.15) is 29.1 Å². The van der Waals surface area contributed by atoms with Gasteiger partial charge in [0.15, 0.2) is 0 Å². The number of fused-ring (bicyclic) bond motifs is 15. The molecule has 23 rings (SSSR count). The summed E-state index contributed by atoms with van der Waals surface area (Å²) in [6.07, 6.45) is 2.56. The summed E-state index contributed by atoms with van der Waals surface area (Å²) in [6, 6.07) is 132. The van der Waals surface area contributed by atoms with E-state index in [0.29, 0.717) is 6.54 Å². The van der Waals surface area contributed by atoms with Crippen LogP contribution in [-0.2, 0) is 35.3 Å². The number of benzene rings is 17. The van der Waals surface area contributed by atoms with E-state index in [0.717, 1.165) is 82.2 Å². The number of rotatable bonds is 11. The maximum absolute atomic E-state index is 13.3. The van der Waals surface area contributed by atoms with Gasteiger partial charge in [-0.3, -0.25) is 4.70 Å². The summed E-state index contributed by atoms with van der Waals surface area (Å²) in [5.41, 5.74) is 25.9. The zero-order chi connectivity index (χ0) is 87.4. The molecule has 684 valence electrons.